The fraction of sp³-hybridized carbons (Fsp3) is 0.690. The second-order valence-corrected chi connectivity index (χ2v) is 11.7. The highest BCUT2D eigenvalue weighted by atomic mass is 19.3. The van der Waals surface area contributed by atoms with Gasteiger partial charge in [-0.25, -0.2) is 18.6 Å². The molecule has 1 aromatic heterocycles. The molecular formula is C29H39F2N3O4. The Labute approximate surface area is 222 Å². The Morgan fingerprint density at radius 3 is 2.61 bits per heavy atom. The number of aliphatic hydroxyl groups excluding tert-OH is 1. The fourth-order valence-electron chi connectivity index (χ4n) is 6.94. The van der Waals surface area contributed by atoms with Gasteiger partial charge in [-0.15, -0.1) is 0 Å². The van der Waals surface area contributed by atoms with E-state index in [4.69, 9.17) is 9.72 Å². The Morgan fingerprint density at radius 2 is 1.92 bits per heavy atom. The van der Waals surface area contributed by atoms with Gasteiger partial charge >= 0.3 is 6.09 Å². The number of ether oxygens (including phenoxy) is 1. The number of aliphatic hydroxyl groups is 1. The van der Waals surface area contributed by atoms with Gasteiger partial charge in [0.15, 0.2) is 0 Å². The van der Waals surface area contributed by atoms with Gasteiger partial charge in [0, 0.05) is 36.4 Å². The molecule has 1 amide bonds. The Kier molecular flexibility index (Phi) is 7.50. The summed E-state index contributed by atoms with van der Waals surface area (Å²) in [6.45, 7) is 3.64. The lowest BCUT2D eigenvalue weighted by Gasteiger charge is -2.34. The van der Waals surface area contributed by atoms with Crippen LogP contribution in [0.5, 0.6) is 0 Å². The first-order valence-electron chi connectivity index (χ1n) is 14.1. The van der Waals surface area contributed by atoms with Gasteiger partial charge in [-0.05, 0) is 83.3 Å². The van der Waals surface area contributed by atoms with Crippen molar-refractivity contribution >= 4 is 28.6 Å². The van der Waals surface area contributed by atoms with E-state index in [0.717, 1.165) is 54.4 Å². The number of fused-ring (bicyclic) bond motifs is 3. The van der Waals surface area contributed by atoms with Crippen molar-refractivity contribution in [2.75, 3.05) is 12.0 Å². The van der Waals surface area contributed by atoms with Crippen LogP contribution < -0.4 is 4.90 Å². The molecule has 1 aliphatic heterocycles. The van der Waals surface area contributed by atoms with Crippen molar-refractivity contribution < 1.29 is 28.2 Å². The molecule has 1 aromatic carbocycles. The topological polar surface area (TPSA) is 84.7 Å². The number of aryl methyl sites for hydroxylation is 1. The summed E-state index contributed by atoms with van der Waals surface area (Å²) in [4.78, 5) is 31.6. The molecule has 2 aromatic rings. The van der Waals surface area contributed by atoms with E-state index < -0.39 is 18.1 Å². The van der Waals surface area contributed by atoms with E-state index in [0.29, 0.717) is 31.5 Å². The number of nitrogens with zero attached hydrogens (tertiary/aromatic N) is 3. The first-order chi connectivity index (χ1) is 18.1. The SMILES string of the molecule is COC(=O)N1c2ccc3c(nc([C@H](O)CC4CCC(F)(F)CC4)n3[C@@H]3CCC[C@@H](C(C)=O)C3)c2CC[C@@H]1C. The van der Waals surface area contributed by atoms with Crippen molar-refractivity contribution in [2.45, 2.75) is 109 Å². The van der Waals surface area contributed by atoms with Gasteiger partial charge < -0.3 is 14.4 Å². The summed E-state index contributed by atoms with van der Waals surface area (Å²) < 4.78 is 34.7. The smallest absolute Gasteiger partial charge is 0.414 e. The number of ketones is 1. The molecule has 2 saturated carbocycles. The minimum absolute atomic E-state index is 0.0128. The number of carbonyl (C=O) groups is 2. The van der Waals surface area contributed by atoms with Crippen LogP contribution >= 0.6 is 0 Å². The Hall–Kier alpha value is -2.55. The number of hydrogen-bond acceptors (Lipinski definition) is 5. The number of aromatic nitrogens is 2. The number of imidazole rings is 1. The van der Waals surface area contributed by atoms with E-state index >= 15 is 0 Å². The standard InChI is InChI=1S/C29H39F2N3O4/c1-17-7-8-22-23(33(17)28(37)38-3)9-10-24-26(22)32-27(25(36)15-19-11-13-29(30,31)14-12-19)34(24)21-6-4-5-20(16-21)18(2)35/h9-10,17,19-21,25,36H,4-8,11-16H2,1-3H3/t17-,20+,21+,25+/m0/s1. The number of methoxy groups -OCH3 is 1. The molecule has 208 valence electrons. The summed E-state index contributed by atoms with van der Waals surface area (Å²) in [5.41, 5.74) is 3.38. The summed E-state index contributed by atoms with van der Waals surface area (Å²) >= 11 is 0. The van der Waals surface area contributed by atoms with Gasteiger partial charge in [0.25, 0.3) is 0 Å². The van der Waals surface area contributed by atoms with E-state index in [1.165, 1.54) is 7.11 Å². The highest BCUT2D eigenvalue weighted by Crippen LogP contribution is 2.44. The Morgan fingerprint density at radius 1 is 1.18 bits per heavy atom. The molecule has 0 saturated heterocycles. The first kappa shape index (κ1) is 27.0. The van der Waals surface area contributed by atoms with E-state index in [-0.39, 0.29) is 42.5 Å². The maximum absolute atomic E-state index is 13.7. The van der Waals surface area contributed by atoms with E-state index in [2.05, 4.69) is 4.57 Å². The van der Waals surface area contributed by atoms with Crippen molar-refractivity contribution in [3.05, 3.63) is 23.5 Å². The number of anilines is 1. The molecule has 5 rings (SSSR count). The monoisotopic (exact) mass is 531 g/mol. The third-order valence-electron chi connectivity index (χ3n) is 9.13. The number of alkyl halides is 2. The molecule has 38 heavy (non-hydrogen) atoms. The quantitative estimate of drug-likeness (QED) is 0.475. The number of hydrogen-bond donors (Lipinski definition) is 1. The minimum atomic E-state index is -2.61. The van der Waals surface area contributed by atoms with E-state index in [9.17, 15) is 23.5 Å². The van der Waals surface area contributed by atoms with Crippen LogP contribution in [0.1, 0.15) is 102 Å². The molecule has 0 bridgehead atoms. The lowest BCUT2D eigenvalue weighted by atomic mass is 9.82. The predicted octanol–water partition coefficient (Wildman–Crippen LogP) is 6.51. The highest BCUT2D eigenvalue weighted by molar-refractivity contribution is 5.95. The molecule has 2 heterocycles. The van der Waals surface area contributed by atoms with Crippen molar-refractivity contribution in [3.63, 3.8) is 0 Å². The highest BCUT2D eigenvalue weighted by Gasteiger charge is 2.38. The summed E-state index contributed by atoms with van der Waals surface area (Å²) in [5.74, 6) is -1.89. The number of rotatable bonds is 5. The normalized spacial score (nSPS) is 26.7. The van der Waals surface area contributed by atoms with Crippen LogP contribution in [-0.2, 0) is 16.0 Å². The second kappa shape index (κ2) is 10.5. The zero-order valence-electron chi connectivity index (χ0n) is 22.6. The summed E-state index contributed by atoms with van der Waals surface area (Å²) in [6, 6.07) is 3.90. The number of amides is 1. The zero-order valence-corrected chi connectivity index (χ0v) is 22.6. The molecule has 0 unspecified atom stereocenters. The van der Waals surface area contributed by atoms with Crippen LogP contribution in [-0.4, -0.2) is 45.6 Å². The molecular weight excluding hydrogens is 492 g/mol. The molecule has 7 nitrogen and oxygen atoms in total. The predicted molar refractivity (Wildman–Crippen MR) is 141 cm³/mol. The number of benzene rings is 1. The van der Waals surface area contributed by atoms with Crippen molar-refractivity contribution in [3.8, 4) is 0 Å². The van der Waals surface area contributed by atoms with Gasteiger partial charge in [-0.1, -0.05) is 6.42 Å². The van der Waals surface area contributed by atoms with Crippen molar-refractivity contribution in [1.29, 1.82) is 0 Å². The van der Waals surface area contributed by atoms with Crippen LogP contribution in [0.15, 0.2) is 12.1 Å². The lowest BCUT2D eigenvalue weighted by molar-refractivity contribution is -0.122. The van der Waals surface area contributed by atoms with Crippen molar-refractivity contribution in [1.82, 2.24) is 9.55 Å². The van der Waals surface area contributed by atoms with E-state index in [1.807, 2.05) is 19.1 Å². The maximum Gasteiger partial charge on any atom is 0.414 e. The van der Waals surface area contributed by atoms with Gasteiger partial charge in [0.2, 0.25) is 5.92 Å². The first-order valence-corrected chi connectivity index (χ1v) is 14.1. The summed E-state index contributed by atoms with van der Waals surface area (Å²) in [6.07, 6.45) is 4.44. The third kappa shape index (κ3) is 5.06. The lowest BCUT2D eigenvalue weighted by Crippen LogP contribution is -2.42. The zero-order chi connectivity index (χ0) is 27.2. The fourth-order valence-corrected chi connectivity index (χ4v) is 6.94. The van der Waals surface area contributed by atoms with Gasteiger partial charge in [0.1, 0.15) is 17.7 Å². The van der Waals surface area contributed by atoms with Gasteiger partial charge in [0.05, 0.1) is 23.8 Å². The van der Waals surface area contributed by atoms with Gasteiger partial charge in [-0.2, -0.15) is 0 Å². The Bertz CT molecular complexity index is 1200. The number of Topliss-reactive ketones (excluding diaryl/α,β-unsaturated/α-hetero) is 1. The molecule has 0 spiro atoms. The summed E-state index contributed by atoms with van der Waals surface area (Å²) in [5, 5.41) is 11.5. The minimum Gasteiger partial charge on any atom is -0.452 e. The van der Waals surface area contributed by atoms with Crippen LogP contribution in [0.25, 0.3) is 11.0 Å². The molecule has 4 atom stereocenters. The van der Waals surface area contributed by atoms with Crippen LogP contribution in [0.4, 0.5) is 19.3 Å². The molecule has 2 fully saturated rings. The third-order valence-corrected chi connectivity index (χ3v) is 9.13. The molecule has 3 aliphatic rings. The number of halogens is 2. The second-order valence-electron chi connectivity index (χ2n) is 11.7. The average molecular weight is 532 g/mol. The maximum atomic E-state index is 13.7. The molecule has 2 aliphatic carbocycles. The largest absolute Gasteiger partial charge is 0.452 e. The molecule has 1 N–H and O–H groups in total. The van der Waals surface area contributed by atoms with E-state index in [1.54, 1.807) is 11.8 Å². The van der Waals surface area contributed by atoms with Crippen molar-refractivity contribution in [2.24, 2.45) is 11.8 Å². The average Bonchev–Trinajstić information content (AvgIpc) is 3.29. The van der Waals surface area contributed by atoms with Crippen LogP contribution in [0.3, 0.4) is 0 Å². The molecule has 9 heteroatoms. The van der Waals surface area contributed by atoms with Crippen LogP contribution in [0.2, 0.25) is 0 Å². The number of carbonyl (C=O) groups excluding carboxylic acids is 2. The van der Waals surface area contributed by atoms with Crippen LogP contribution in [0, 0.1) is 11.8 Å². The molecule has 0 radical (unpaired) electrons. The summed E-state index contributed by atoms with van der Waals surface area (Å²) in [7, 11) is 1.38. The Balaban J connectivity index is 1.56. The van der Waals surface area contributed by atoms with Gasteiger partial charge in [-0.3, -0.25) is 9.69 Å².